The molecule has 0 bridgehead atoms. The molecule has 2 aliphatic rings. The molecular formula is C16H21N3O4. The first kappa shape index (κ1) is 15.7. The number of aliphatic carboxylic acids is 1. The first-order valence-electron chi connectivity index (χ1n) is 8.06. The minimum atomic E-state index is -0.908. The van der Waals surface area contributed by atoms with E-state index in [1.54, 1.807) is 11.8 Å². The number of aromatic nitrogens is 2. The van der Waals surface area contributed by atoms with Gasteiger partial charge in [-0.1, -0.05) is 17.3 Å². The maximum Gasteiger partial charge on any atom is 0.307 e. The highest BCUT2D eigenvalue weighted by molar-refractivity contribution is 5.85. The number of carbonyl (C=O) groups excluding carboxylic acids is 1. The molecule has 0 spiro atoms. The SMILES string of the molecule is Cc1noc([C@@H]2CCCCN2C(=O)[C@H]2CC=CC[C@H]2C(=O)O)n1. The van der Waals surface area contributed by atoms with E-state index in [2.05, 4.69) is 10.1 Å². The van der Waals surface area contributed by atoms with E-state index in [0.29, 0.717) is 31.1 Å². The third-order valence-corrected chi connectivity index (χ3v) is 4.68. The molecule has 1 fully saturated rings. The lowest BCUT2D eigenvalue weighted by molar-refractivity contribution is -0.152. The van der Waals surface area contributed by atoms with Crippen molar-refractivity contribution in [1.82, 2.24) is 15.0 Å². The highest BCUT2D eigenvalue weighted by atomic mass is 16.5. The highest BCUT2D eigenvalue weighted by Gasteiger charge is 2.40. The standard InChI is InChI=1S/C16H21N3O4/c1-10-17-14(23-18-10)13-8-4-5-9-19(13)15(20)11-6-2-3-7-12(11)16(21)22/h2-3,11-13H,4-9H2,1H3,(H,21,22)/t11-,12+,13-/m0/s1. The largest absolute Gasteiger partial charge is 0.481 e. The lowest BCUT2D eigenvalue weighted by Gasteiger charge is -2.37. The Balaban J connectivity index is 1.83. The predicted molar refractivity (Wildman–Crippen MR) is 80.3 cm³/mol. The number of nitrogens with zero attached hydrogens (tertiary/aromatic N) is 3. The summed E-state index contributed by atoms with van der Waals surface area (Å²) in [5.74, 6) is -1.19. The third-order valence-electron chi connectivity index (χ3n) is 4.68. The number of carboxylic acids is 1. The summed E-state index contributed by atoms with van der Waals surface area (Å²) in [4.78, 5) is 30.5. The maximum absolute atomic E-state index is 13.0. The molecule has 3 rings (SSSR count). The van der Waals surface area contributed by atoms with Gasteiger partial charge in [0.2, 0.25) is 11.8 Å². The Morgan fingerprint density at radius 3 is 2.65 bits per heavy atom. The second kappa shape index (κ2) is 6.52. The van der Waals surface area contributed by atoms with Crippen molar-refractivity contribution < 1.29 is 19.2 Å². The lowest BCUT2D eigenvalue weighted by Crippen LogP contribution is -2.45. The number of allylic oxidation sites excluding steroid dienone is 2. The molecule has 0 saturated carbocycles. The summed E-state index contributed by atoms with van der Waals surface area (Å²) in [6.07, 6.45) is 7.30. The van der Waals surface area contributed by atoms with Gasteiger partial charge in [-0.3, -0.25) is 9.59 Å². The zero-order valence-electron chi connectivity index (χ0n) is 13.1. The van der Waals surface area contributed by atoms with Gasteiger partial charge in [-0.05, 0) is 39.0 Å². The van der Waals surface area contributed by atoms with Crippen LogP contribution in [-0.2, 0) is 9.59 Å². The number of hydrogen-bond donors (Lipinski definition) is 1. The summed E-state index contributed by atoms with van der Waals surface area (Å²) in [5, 5.41) is 13.2. The summed E-state index contributed by atoms with van der Waals surface area (Å²) in [7, 11) is 0. The molecule has 0 aromatic carbocycles. The fourth-order valence-electron chi connectivity index (χ4n) is 3.47. The fraction of sp³-hybridized carbons (Fsp3) is 0.625. The molecule has 1 amide bonds. The smallest absolute Gasteiger partial charge is 0.307 e. The summed E-state index contributed by atoms with van der Waals surface area (Å²) in [5.41, 5.74) is 0. The van der Waals surface area contributed by atoms with Crippen molar-refractivity contribution >= 4 is 11.9 Å². The molecule has 1 N–H and O–H groups in total. The fourth-order valence-corrected chi connectivity index (χ4v) is 3.47. The Bertz CT molecular complexity index is 625. The van der Waals surface area contributed by atoms with Gasteiger partial charge in [0.15, 0.2) is 5.82 Å². The van der Waals surface area contributed by atoms with Crippen molar-refractivity contribution in [2.45, 2.75) is 45.1 Å². The zero-order chi connectivity index (χ0) is 16.4. The lowest BCUT2D eigenvalue weighted by atomic mass is 9.81. The third kappa shape index (κ3) is 3.13. The van der Waals surface area contributed by atoms with E-state index >= 15 is 0 Å². The minimum absolute atomic E-state index is 0.109. The zero-order valence-corrected chi connectivity index (χ0v) is 13.1. The molecule has 0 radical (unpaired) electrons. The van der Waals surface area contributed by atoms with Gasteiger partial charge in [0.05, 0.1) is 11.8 Å². The second-order valence-electron chi connectivity index (χ2n) is 6.22. The van der Waals surface area contributed by atoms with Gasteiger partial charge in [0.25, 0.3) is 0 Å². The molecule has 124 valence electrons. The monoisotopic (exact) mass is 319 g/mol. The van der Waals surface area contributed by atoms with Crippen LogP contribution in [0.3, 0.4) is 0 Å². The Kier molecular flexibility index (Phi) is 4.45. The van der Waals surface area contributed by atoms with Crippen molar-refractivity contribution in [3.63, 3.8) is 0 Å². The van der Waals surface area contributed by atoms with E-state index in [1.165, 1.54) is 0 Å². The molecule has 23 heavy (non-hydrogen) atoms. The van der Waals surface area contributed by atoms with Gasteiger partial charge < -0.3 is 14.5 Å². The number of piperidine rings is 1. The molecule has 7 heteroatoms. The molecule has 1 aromatic rings. The second-order valence-corrected chi connectivity index (χ2v) is 6.22. The van der Waals surface area contributed by atoms with Crippen LogP contribution in [-0.4, -0.2) is 38.6 Å². The van der Waals surface area contributed by atoms with Crippen LogP contribution in [0.4, 0.5) is 0 Å². The van der Waals surface area contributed by atoms with Gasteiger partial charge in [0, 0.05) is 6.54 Å². The molecular weight excluding hydrogens is 298 g/mol. The van der Waals surface area contributed by atoms with Gasteiger partial charge >= 0.3 is 5.97 Å². The molecule has 1 saturated heterocycles. The Hall–Kier alpha value is -2.18. The summed E-state index contributed by atoms with van der Waals surface area (Å²) in [6, 6.07) is -0.238. The van der Waals surface area contributed by atoms with Crippen LogP contribution < -0.4 is 0 Å². The number of carbonyl (C=O) groups is 2. The van der Waals surface area contributed by atoms with E-state index in [9.17, 15) is 14.7 Å². The van der Waals surface area contributed by atoms with E-state index in [1.807, 2.05) is 12.2 Å². The number of carboxylic acid groups (broad SMARTS) is 1. The van der Waals surface area contributed by atoms with Crippen LogP contribution in [0, 0.1) is 18.8 Å². The van der Waals surface area contributed by atoms with Gasteiger partial charge in [-0.2, -0.15) is 4.98 Å². The van der Waals surface area contributed by atoms with Crippen LogP contribution in [0.2, 0.25) is 0 Å². The van der Waals surface area contributed by atoms with E-state index in [-0.39, 0.29) is 11.9 Å². The topological polar surface area (TPSA) is 96.5 Å². The minimum Gasteiger partial charge on any atom is -0.481 e. The molecule has 1 aliphatic heterocycles. The van der Waals surface area contributed by atoms with Crippen LogP contribution in [0.5, 0.6) is 0 Å². The summed E-state index contributed by atoms with van der Waals surface area (Å²) >= 11 is 0. The molecule has 1 aromatic heterocycles. The van der Waals surface area contributed by atoms with E-state index in [0.717, 1.165) is 19.3 Å². The number of aryl methyl sites for hydroxylation is 1. The molecule has 7 nitrogen and oxygen atoms in total. The molecule has 3 atom stereocenters. The van der Waals surface area contributed by atoms with Crippen LogP contribution in [0.1, 0.15) is 49.9 Å². The van der Waals surface area contributed by atoms with E-state index < -0.39 is 17.8 Å². The average Bonchev–Trinajstić information content (AvgIpc) is 3.00. The predicted octanol–water partition coefficient (Wildman–Crippen LogP) is 2.10. The van der Waals surface area contributed by atoms with Gasteiger partial charge in [-0.15, -0.1) is 0 Å². The Labute approximate surface area is 134 Å². The number of rotatable bonds is 3. The van der Waals surface area contributed by atoms with E-state index in [4.69, 9.17) is 4.52 Å². The first-order chi connectivity index (χ1) is 11.1. The average molecular weight is 319 g/mol. The Morgan fingerprint density at radius 1 is 1.26 bits per heavy atom. The summed E-state index contributed by atoms with van der Waals surface area (Å²) < 4.78 is 5.26. The molecule has 0 unspecified atom stereocenters. The van der Waals surface area contributed by atoms with Crippen molar-refractivity contribution in [2.75, 3.05) is 6.54 Å². The van der Waals surface area contributed by atoms with Crippen LogP contribution in [0.15, 0.2) is 16.7 Å². The normalized spacial score (nSPS) is 27.9. The number of hydrogen-bond acceptors (Lipinski definition) is 5. The van der Waals surface area contributed by atoms with Gasteiger partial charge in [0.1, 0.15) is 6.04 Å². The van der Waals surface area contributed by atoms with Crippen molar-refractivity contribution in [3.05, 3.63) is 23.9 Å². The van der Waals surface area contributed by atoms with Crippen LogP contribution >= 0.6 is 0 Å². The first-order valence-corrected chi connectivity index (χ1v) is 8.06. The quantitative estimate of drug-likeness (QED) is 0.857. The molecule has 1 aliphatic carbocycles. The highest BCUT2D eigenvalue weighted by Crippen LogP contribution is 2.35. The Morgan fingerprint density at radius 2 is 2.00 bits per heavy atom. The summed E-state index contributed by atoms with van der Waals surface area (Å²) in [6.45, 7) is 2.35. The molecule has 2 heterocycles. The van der Waals surface area contributed by atoms with Crippen LogP contribution in [0.25, 0.3) is 0 Å². The van der Waals surface area contributed by atoms with Gasteiger partial charge in [-0.25, -0.2) is 0 Å². The van der Waals surface area contributed by atoms with Crippen molar-refractivity contribution in [3.8, 4) is 0 Å². The van der Waals surface area contributed by atoms with Crippen molar-refractivity contribution in [2.24, 2.45) is 11.8 Å². The maximum atomic E-state index is 13.0. The number of likely N-dealkylation sites (tertiary alicyclic amines) is 1. The van der Waals surface area contributed by atoms with Crippen molar-refractivity contribution in [1.29, 1.82) is 0 Å². The number of amides is 1.